The maximum atomic E-state index is 12.5. The van der Waals surface area contributed by atoms with Crippen LogP contribution in [0.2, 0.25) is 5.02 Å². The summed E-state index contributed by atoms with van der Waals surface area (Å²) in [7, 11) is 0. The minimum absolute atomic E-state index is 0.135. The van der Waals surface area contributed by atoms with Crippen molar-refractivity contribution in [3.8, 4) is 0 Å². The second-order valence-electron chi connectivity index (χ2n) is 5.31. The molecule has 2 fully saturated rings. The van der Waals surface area contributed by atoms with Gasteiger partial charge in [-0.1, -0.05) is 23.7 Å². The number of rotatable bonds is 2. The Labute approximate surface area is 122 Å². The molecule has 0 unspecified atom stereocenters. The topological polar surface area (TPSA) is 61.4 Å². The van der Waals surface area contributed by atoms with Gasteiger partial charge in [0.05, 0.1) is 6.54 Å². The van der Waals surface area contributed by atoms with Crippen molar-refractivity contribution in [2.24, 2.45) is 0 Å². The van der Waals surface area contributed by atoms with Crippen LogP contribution in [0.15, 0.2) is 24.3 Å². The second kappa shape index (κ2) is 5.07. The Hall–Kier alpha value is -1.59. The standard InChI is InChI=1S/C14H16ClN3O2/c15-11-4-2-10(3-5-11)8-18-12(19)14(17-13(18)20)6-1-7-16-9-14/h2-5,16H,1,6-9H2,(H,17,20)/t14-/m1/s1. The molecule has 2 N–H and O–H groups in total. The van der Waals surface area contributed by atoms with E-state index in [-0.39, 0.29) is 18.5 Å². The molecule has 0 aliphatic carbocycles. The molecule has 1 atom stereocenters. The fourth-order valence-corrected chi connectivity index (χ4v) is 2.91. The minimum Gasteiger partial charge on any atom is -0.322 e. The van der Waals surface area contributed by atoms with Crippen LogP contribution in [-0.2, 0) is 11.3 Å². The Morgan fingerprint density at radius 2 is 2.00 bits per heavy atom. The zero-order valence-electron chi connectivity index (χ0n) is 11.0. The number of carbonyl (C=O) groups excluding carboxylic acids is 2. The van der Waals surface area contributed by atoms with Gasteiger partial charge in [0, 0.05) is 11.6 Å². The molecule has 6 heteroatoms. The number of nitrogens with zero attached hydrogens (tertiary/aromatic N) is 1. The molecule has 106 valence electrons. The average Bonchev–Trinajstić information content (AvgIpc) is 2.67. The number of piperidine rings is 1. The first-order valence-corrected chi connectivity index (χ1v) is 7.08. The molecular weight excluding hydrogens is 278 g/mol. The summed E-state index contributed by atoms with van der Waals surface area (Å²) in [6.45, 7) is 1.68. The van der Waals surface area contributed by atoms with Crippen molar-refractivity contribution in [3.05, 3.63) is 34.9 Å². The van der Waals surface area contributed by atoms with Crippen molar-refractivity contribution in [2.45, 2.75) is 24.9 Å². The summed E-state index contributed by atoms with van der Waals surface area (Å²) in [5.41, 5.74) is 0.139. The molecule has 3 amide bonds. The first-order valence-electron chi connectivity index (χ1n) is 6.70. The number of carbonyl (C=O) groups is 2. The van der Waals surface area contributed by atoms with E-state index in [0.29, 0.717) is 18.0 Å². The van der Waals surface area contributed by atoms with Gasteiger partial charge < -0.3 is 10.6 Å². The van der Waals surface area contributed by atoms with Crippen molar-refractivity contribution in [1.29, 1.82) is 0 Å². The molecule has 1 spiro atoms. The van der Waals surface area contributed by atoms with E-state index in [1.165, 1.54) is 4.90 Å². The third-order valence-corrected chi connectivity index (χ3v) is 4.14. The number of urea groups is 1. The largest absolute Gasteiger partial charge is 0.325 e. The number of hydrogen-bond acceptors (Lipinski definition) is 3. The Kier molecular flexibility index (Phi) is 3.40. The Bertz CT molecular complexity index is 538. The van der Waals surface area contributed by atoms with E-state index in [1.54, 1.807) is 12.1 Å². The number of amides is 3. The molecular formula is C14H16ClN3O2. The minimum atomic E-state index is -0.748. The van der Waals surface area contributed by atoms with Gasteiger partial charge >= 0.3 is 6.03 Å². The lowest BCUT2D eigenvalue weighted by Gasteiger charge is -2.31. The smallest absolute Gasteiger partial charge is 0.322 e. The fourth-order valence-electron chi connectivity index (χ4n) is 2.79. The highest BCUT2D eigenvalue weighted by molar-refractivity contribution is 6.30. The van der Waals surface area contributed by atoms with Crippen LogP contribution in [0.4, 0.5) is 4.79 Å². The van der Waals surface area contributed by atoms with Crippen LogP contribution in [-0.4, -0.2) is 35.5 Å². The lowest BCUT2D eigenvalue weighted by atomic mass is 9.90. The van der Waals surface area contributed by atoms with Crippen LogP contribution in [0, 0.1) is 0 Å². The third kappa shape index (κ3) is 2.27. The number of hydrogen-bond donors (Lipinski definition) is 2. The van der Waals surface area contributed by atoms with Gasteiger partial charge in [0.15, 0.2) is 0 Å². The van der Waals surface area contributed by atoms with Crippen molar-refractivity contribution in [1.82, 2.24) is 15.5 Å². The van der Waals surface area contributed by atoms with Crippen LogP contribution in [0.1, 0.15) is 18.4 Å². The molecule has 2 aliphatic heterocycles. The molecule has 1 aromatic rings. The number of halogens is 1. The van der Waals surface area contributed by atoms with E-state index in [2.05, 4.69) is 10.6 Å². The van der Waals surface area contributed by atoms with Crippen molar-refractivity contribution in [3.63, 3.8) is 0 Å². The maximum absolute atomic E-state index is 12.5. The van der Waals surface area contributed by atoms with Crippen LogP contribution in [0.3, 0.4) is 0 Å². The van der Waals surface area contributed by atoms with Gasteiger partial charge in [-0.25, -0.2) is 4.79 Å². The van der Waals surface area contributed by atoms with Crippen LogP contribution < -0.4 is 10.6 Å². The Morgan fingerprint density at radius 3 is 2.65 bits per heavy atom. The predicted molar refractivity (Wildman–Crippen MR) is 75.4 cm³/mol. The van der Waals surface area contributed by atoms with Crippen LogP contribution >= 0.6 is 11.6 Å². The van der Waals surface area contributed by atoms with Gasteiger partial charge in [-0.3, -0.25) is 9.69 Å². The summed E-state index contributed by atoms with van der Waals surface area (Å²) in [5, 5.41) is 6.67. The van der Waals surface area contributed by atoms with E-state index >= 15 is 0 Å². The summed E-state index contributed by atoms with van der Waals surface area (Å²) in [6, 6.07) is 6.86. The fraction of sp³-hybridized carbons (Fsp3) is 0.429. The van der Waals surface area contributed by atoms with Crippen molar-refractivity contribution in [2.75, 3.05) is 13.1 Å². The summed E-state index contributed by atoms with van der Waals surface area (Å²) in [5.74, 6) is -0.135. The monoisotopic (exact) mass is 293 g/mol. The molecule has 5 nitrogen and oxygen atoms in total. The lowest BCUT2D eigenvalue weighted by molar-refractivity contribution is -0.132. The van der Waals surface area contributed by atoms with E-state index in [9.17, 15) is 9.59 Å². The van der Waals surface area contributed by atoms with Gasteiger partial charge in [0.25, 0.3) is 5.91 Å². The zero-order valence-corrected chi connectivity index (χ0v) is 11.7. The van der Waals surface area contributed by atoms with Crippen LogP contribution in [0.5, 0.6) is 0 Å². The van der Waals surface area contributed by atoms with Gasteiger partial charge in [-0.2, -0.15) is 0 Å². The SMILES string of the molecule is O=C1N[C@@]2(CCCNC2)C(=O)N1Cc1ccc(Cl)cc1. The van der Waals surface area contributed by atoms with Gasteiger partial charge in [-0.05, 0) is 37.1 Å². The second-order valence-corrected chi connectivity index (χ2v) is 5.75. The maximum Gasteiger partial charge on any atom is 0.325 e. The van der Waals surface area contributed by atoms with E-state index in [4.69, 9.17) is 11.6 Å². The molecule has 0 bridgehead atoms. The van der Waals surface area contributed by atoms with E-state index in [1.807, 2.05) is 12.1 Å². The molecule has 3 rings (SSSR count). The summed E-state index contributed by atoms with van der Waals surface area (Å²) in [4.78, 5) is 25.9. The number of imide groups is 1. The average molecular weight is 294 g/mol. The molecule has 2 heterocycles. The molecule has 2 saturated heterocycles. The Balaban J connectivity index is 1.78. The van der Waals surface area contributed by atoms with Crippen molar-refractivity contribution < 1.29 is 9.59 Å². The van der Waals surface area contributed by atoms with Crippen LogP contribution in [0.25, 0.3) is 0 Å². The quantitative estimate of drug-likeness (QED) is 0.813. The van der Waals surface area contributed by atoms with E-state index < -0.39 is 5.54 Å². The summed E-state index contributed by atoms with van der Waals surface area (Å²) < 4.78 is 0. The normalized spacial score (nSPS) is 26.1. The molecule has 0 saturated carbocycles. The zero-order chi connectivity index (χ0) is 14.2. The number of nitrogens with one attached hydrogen (secondary N) is 2. The van der Waals surface area contributed by atoms with E-state index in [0.717, 1.165) is 18.5 Å². The first-order chi connectivity index (χ1) is 9.61. The summed E-state index contributed by atoms with van der Waals surface area (Å²) in [6.07, 6.45) is 1.59. The summed E-state index contributed by atoms with van der Waals surface area (Å²) >= 11 is 5.83. The predicted octanol–water partition coefficient (Wildman–Crippen LogP) is 1.51. The highest BCUT2D eigenvalue weighted by Gasteiger charge is 2.51. The highest BCUT2D eigenvalue weighted by Crippen LogP contribution is 2.26. The third-order valence-electron chi connectivity index (χ3n) is 3.88. The first kappa shape index (κ1) is 13.4. The molecule has 2 aliphatic rings. The Morgan fingerprint density at radius 1 is 1.25 bits per heavy atom. The molecule has 1 aromatic carbocycles. The van der Waals surface area contributed by atoms with Gasteiger partial charge in [-0.15, -0.1) is 0 Å². The molecule has 20 heavy (non-hydrogen) atoms. The molecule has 0 radical (unpaired) electrons. The van der Waals surface area contributed by atoms with Crippen molar-refractivity contribution >= 4 is 23.5 Å². The van der Waals surface area contributed by atoms with Gasteiger partial charge in [0.2, 0.25) is 0 Å². The lowest BCUT2D eigenvalue weighted by Crippen LogP contribution is -2.57. The molecule has 0 aromatic heterocycles. The highest BCUT2D eigenvalue weighted by atomic mass is 35.5. The van der Waals surface area contributed by atoms with Gasteiger partial charge in [0.1, 0.15) is 5.54 Å². The number of benzene rings is 1.